The van der Waals surface area contributed by atoms with Gasteiger partial charge in [-0.2, -0.15) is 0 Å². The Bertz CT molecular complexity index is 511. The minimum Gasteiger partial charge on any atom is -0.466 e. The Morgan fingerprint density at radius 3 is 2.53 bits per heavy atom. The Hall–Kier alpha value is -1.60. The molecule has 0 aliphatic rings. The summed E-state index contributed by atoms with van der Waals surface area (Å²) in [5.41, 5.74) is 6.95. The number of sulfonamides is 1. The Kier molecular flexibility index (Phi) is 5.78. The van der Waals surface area contributed by atoms with Gasteiger partial charge in [0.1, 0.15) is 0 Å². The molecule has 6 nitrogen and oxygen atoms in total. The molecule has 0 heterocycles. The summed E-state index contributed by atoms with van der Waals surface area (Å²) in [5.74, 6) is -0.791. The highest BCUT2D eigenvalue weighted by Crippen LogP contribution is 2.05. The van der Waals surface area contributed by atoms with E-state index in [-0.39, 0.29) is 25.3 Å². The predicted molar refractivity (Wildman–Crippen MR) is 72.7 cm³/mol. The molecule has 1 aromatic carbocycles. The minimum atomic E-state index is -3.49. The lowest BCUT2D eigenvalue weighted by atomic mass is 10.2. The van der Waals surface area contributed by atoms with Crippen molar-refractivity contribution in [2.24, 2.45) is 0 Å². The van der Waals surface area contributed by atoms with Gasteiger partial charge in [0.15, 0.2) is 0 Å². The summed E-state index contributed by atoms with van der Waals surface area (Å²) in [6.07, 6.45) is -0.148. The Morgan fingerprint density at radius 1 is 1.32 bits per heavy atom. The van der Waals surface area contributed by atoms with Crippen LogP contribution in [-0.4, -0.2) is 26.7 Å². The molecule has 0 atom stereocenters. The van der Waals surface area contributed by atoms with Crippen molar-refractivity contribution in [1.82, 2.24) is 4.72 Å². The van der Waals surface area contributed by atoms with E-state index in [0.717, 1.165) is 5.56 Å². The number of nitrogens with one attached hydrogen (secondary N) is 1. The third kappa shape index (κ3) is 6.21. The molecular formula is C12H18N2O4S. The SMILES string of the molecule is CCOC(=O)CCS(=O)(=O)NCc1ccc(N)cc1. The van der Waals surface area contributed by atoms with Gasteiger partial charge >= 0.3 is 5.97 Å². The molecule has 0 aromatic heterocycles. The smallest absolute Gasteiger partial charge is 0.306 e. The Morgan fingerprint density at radius 2 is 1.95 bits per heavy atom. The first-order valence-electron chi connectivity index (χ1n) is 5.90. The van der Waals surface area contributed by atoms with Crippen molar-refractivity contribution in [2.45, 2.75) is 19.9 Å². The zero-order chi connectivity index (χ0) is 14.3. The van der Waals surface area contributed by atoms with E-state index in [1.54, 1.807) is 31.2 Å². The number of carbonyl (C=O) groups excluding carboxylic acids is 1. The van der Waals surface area contributed by atoms with E-state index in [2.05, 4.69) is 9.46 Å². The molecule has 0 aliphatic heterocycles. The second-order valence-corrected chi connectivity index (χ2v) is 5.86. The fourth-order valence-electron chi connectivity index (χ4n) is 1.35. The number of rotatable bonds is 7. The van der Waals surface area contributed by atoms with Crippen LogP contribution in [0.2, 0.25) is 0 Å². The molecule has 0 saturated heterocycles. The number of anilines is 1. The summed E-state index contributed by atoms with van der Waals surface area (Å²) in [6, 6.07) is 6.87. The fourth-order valence-corrected chi connectivity index (χ4v) is 2.32. The van der Waals surface area contributed by atoms with E-state index >= 15 is 0 Å². The van der Waals surface area contributed by atoms with Crippen LogP contribution < -0.4 is 10.5 Å². The molecule has 0 unspecified atom stereocenters. The molecule has 0 saturated carbocycles. The van der Waals surface area contributed by atoms with Gasteiger partial charge in [0.25, 0.3) is 0 Å². The van der Waals surface area contributed by atoms with Gasteiger partial charge in [-0.25, -0.2) is 13.1 Å². The van der Waals surface area contributed by atoms with E-state index in [1.165, 1.54) is 0 Å². The maximum absolute atomic E-state index is 11.6. The van der Waals surface area contributed by atoms with Crippen molar-refractivity contribution in [2.75, 3.05) is 18.1 Å². The molecule has 0 radical (unpaired) electrons. The first-order chi connectivity index (χ1) is 8.93. The van der Waals surface area contributed by atoms with Crippen LogP contribution >= 0.6 is 0 Å². The number of esters is 1. The number of nitrogens with two attached hydrogens (primary N) is 1. The van der Waals surface area contributed by atoms with Gasteiger partial charge in [0.05, 0.1) is 18.8 Å². The van der Waals surface area contributed by atoms with E-state index in [1.807, 2.05) is 0 Å². The van der Waals surface area contributed by atoms with Crippen molar-refractivity contribution in [3.8, 4) is 0 Å². The molecule has 7 heteroatoms. The fraction of sp³-hybridized carbons (Fsp3) is 0.417. The van der Waals surface area contributed by atoms with Gasteiger partial charge in [-0.15, -0.1) is 0 Å². The second-order valence-electron chi connectivity index (χ2n) is 3.94. The summed E-state index contributed by atoms with van der Waals surface area (Å²) < 4.78 is 30.4. The minimum absolute atomic E-state index is 0.148. The highest BCUT2D eigenvalue weighted by Gasteiger charge is 2.13. The van der Waals surface area contributed by atoms with Crippen LogP contribution in [0.3, 0.4) is 0 Å². The van der Waals surface area contributed by atoms with Gasteiger partial charge < -0.3 is 10.5 Å². The third-order valence-corrected chi connectivity index (χ3v) is 3.68. The molecule has 0 fully saturated rings. The Labute approximate surface area is 113 Å². The van der Waals surface area contributed by atoms with Gasteiger partial charge in [-0.1, -0.05) is 12.1 Å². The summed E-state index contributed by atoms with van der Waals surface area (Å²) >= 11 is 0. The Balaban J connectivity index is 2.42. The van der Waals surface area contributed by atoms with E-state index in [4.69, 9.17) is 5.73 Å². The van der Waals surface area contributed by atoms with Crippen molar-refractivity contribution < 1.29 is 17.9 Å². The standard InChI is InChI=1S/C12H18N2O4S/c1-2-18-12(15)7-8-19(16,17)14-9-10-3-5-11(13)6-4-10/h3-6,14H,2,7-9,13H2,1H3. The van der Waals surface area contributed by atoms with E-state index < -0.39 is 16.0 Å². The van der Waals surface area contributed by atoms with Gasteiger partial charge in [-0.3, -0.25) is 4.79 Å². The first kappa shape index (κ1) is 15.5. The average molecular weight is 286 g/mol. The maximum Gasteiger partial charge on any atom is 0.306 e. The largest absolute Gasteiger partial charge is 0.466 e. The lowest BCUT2D eigenvalue weighted by Crippen LogP contribution is -2.27. The second kappa shape index (κ2) is 7.10. The third-order valence-electron chi connectivity index (χ3n) is 2.36. The number of hydrogen-bond donors (Lipinski definition) is 2. The maximum atomic E-state index is 11.6. The molecule has 19 heavy (non-hydrogen) atoms. The van der Waals surface area contributed by atoms with Crippen LogP contribution in [0.1, 0.15) is 18.9 Å². The zero-order valence-electron chi connectivity index (χ0n) is 10.8. The molecule has 106 valence electrons. The van der Waals surface area contributed by atoms with Crippen molar-refractivity contribution in [3.63, 3.8) is 0 Å². The highest BCUT2D eigenvalue weighted by molar-refractivity contribution is 7.89. The van der Waals surface area contributed by atoms with Crippen molar-refractivity contribution in [1.29, 1.82) is 0 Å². The summed E-state index contributed by atoms with van der Waals surface area (Å²) in [4.78, 5) is 11.1. The van der Waals surface area contributed by atoms with E-state index in [0.29, 0.717) is 5.69 Å². The molecule has 1 aromatic rings. The lowest BCUT2D eigenvalue weighted by Gasteiger charge is -2.07. The first-order valence-corrected chi connectivity index (χ1v) is 7.55. The topological polar surface area (TPSA) is 98.5 Å². The zero-order valence-corrected chi connectivity index (χ0v) is 11.6. The summed E-state index contributed by atoms with van der Waals surface area (Å²) in [6.45, 7) is 2.09. The number of carbonyl (C=O) groups is 1. The monoisotopic (exact) mass is 286 g/mol. The molecule has 0 aliphatic carbocycles. The normalized spacial score (nSPS) is 11.2. The summed E-state index contributed by atoms with van der Waals surface area (Å²) in [5, 5.41) is 0. The highest BCUT2D eigenvalue weighted by atomic mass is 32.2. The molecular weight excluding hydrogens is 268 g/mol. The van der Waals surface area contributed by atoms with Crippen LogP contribution in [-0.2, 0) is 26.1 Å². The number of hydrogen-bond acceptors (Lipinski definition) is 5. The lowest BCUT2D eigenvalue weighted by molar-refractivity contribution is -0.142. The molecule has 0 amide bonds. The van der Waals surface area contributed by atoms with Crippen molar-refractivity contribution in [3.05, 3.63) is 29.8 Å². The number of ether oxygens (including phenoxy) is 1. The molecule has 0 bridgehead atoms. The number of nitrogen functional groups attached to an aromatic ring is 1. The van der Waals surface area contributed by atoms with E-state index in [9.17, 15) is 13.2 Å². The predicted octanol–water partition coefficient (Wildman–Crippen LogP) is 0.641. The van der Waals surface area contributed by atoms with Gasteiger partial charge in [0.2, 0.25) is 10.0 Å². The van der Waals surface area contributed by atoms with Crippen LogP contribution in [0.25, 0.3) is 0 Å². The molecule has 3 N–H and O–H groups in total. The molecule has 0 spiro atoms. The molecule has 1 rings (SSSR count). The van der Waals surface area contributed by atoms with Crippen LogP contribution in [0.5, 0.6) is 0 Å². The van der Waals surface area contributed by atoms with Crippen LogP contribution in [0.4, 0.5) is 5.69 Å². The summed E-state index contributed by atoms with van der Waals surface area (Å²) in [7, 11) is -3.49. The van der Waals surface area contributed by atoms with Crippen LogP contribution in [0.15, 0.2) is 24.3 Å². The average Bonchev–Trinajstić information content (AvgIpc) is 2.36. The quantitative estimate of drug-likeness (QED) is 0.566. The van der Waals surface area contributed by atoms with Gasteiger partial charge in [-0.05, 0) is 24.6 Å². The van der Waals surface area contributed by atoms with Crippen molar-refractivity contribution >= 4 is 21.7 Å². The number of benzene rings is 1. The van der Waals surface area contributed by atoms with Gasteiger partial charge in [0, 0.05) is 12.2 Å². The van der Waals surface area contributed by atoms with Crippen LogP contribution in [0, 0.1) is 0 Å².